The zero-order chi connectivity index (χ0) is 16.2. The summed E-state index contributed by atoms with van der Waals surface area (Å²) in [5, 5.41) is 0. The smallest absolute Gasteiger partial charge is 0.191 e. The van der Waals surface area contributed by atoms with Gasteiger partial charge in [-0.2, -0.15) is 0 Å². The SMILES string of the molecule is C1=C(CCc2ccccc2)[C@]2(CCc3ccccc3)OCC[C@H]1O2. The lowest BCUT2D eigenvalue weighted by molar-refractivity contribution is -0.251. The van der Waals surface area contributed by atoms with Gasteiger partial charge >= 0.3 is 0 Å². The highest BCUT2D eigenvalue weighted by atomic mass is 16.7. The fraction of sp³-hybridized carbons (Fsp3) is 0.364. The molecular formula is C22H24O2. The van der Waals surface area contributed by atoms with Crippen molar-refractivity contribution in [1.29, 1.82) is 0 Å². The molecule has 2 nitrogen and oxygen atoms in total. The Hall–Kier alpha value is -1.90. The lowest BCUT2D eigenvalue weighted by Crippen LogP contribution is -2.41. The third-order valence-electron chi connectivity index (χ3n) is 5.07. The molecule has 0 amide bonds. The quantitative estimate of drug-likeness (QED) is 0.719. The monoisotopic (exact) mass is 320 g/mol. The Kier molecular flexibility index (Phi) is 4.50. The van der Waals surface area contributed by atoms with Gasteiger partial charge in [0.1, 0.15) is 0 Å². The van der Waals surface area contributed by atoms with E-state index in [0.717, 1.165) is 38.7 Å². The summed E-state index contributed by atoms with van der Waals surface area (Å²) >= 11 is 0. The fourth-order valence-electron chi connectivity index (χ4n) is 3.76. The van der Waals surface area contributed by atoms with Crippen LogP contribution in [0.3, 0.4) is 0 Å². The Balaban J connectivity index is 1.46. The van der Waals surface area contributed by atoms with Crippen LogP contribution in [0.1, 0.15) is 30.4 Å². The number of hydrogen-bond acceptors (Lipinski definition) is 2. The molecule has 0 aliphatic carbocycles. The number of hydrogen-bond donors (Lipinski definition) is 0. The summed E-state index contributed by atoms with van der Waals surface area (Å²) in [6, 6.07) is 21.3. The predicted octanol–water partition coefficient (Wildman–Crippen LogP) is 4.69. The van der Waals surface area contributed by atoms with E-state index >= 15 is 0 Å². The second kappa shape index (κ2) is 6.92. The minimum absolute atomic E-state index is 0.236. The average Bonchev–Trinajstić information content (AvgIpc) is 2.89. The third kappa shape index (κ3) is 3.31. The topological polar surface area (TPSA) is 18.5 Å². The van der Waals surface area contributed by atoms with Crippen LogP contribution >= 0.6 is 0 Å². The van der Waals surface area contributed by atoms with Crippen LogP contribution in [0.5, 0.6) is 0 Å². The van der Waals surface area contributed by atoms with Crippen molar-refractivity contribution in [3.63, 3.8) is 0 Å². The first-order valence-corrected chi connectivity index (χ1v) is 8.95. The first-order chi connectivity index (χ1) is 11.8. The van der Waals surface area contributed by atoms with Gasteiger partial charge in [-0.3, -0.25) is 0 Å². The number of fused-ring (bicyclic) bond motifs is 2. The van der Waals surface area contributed by atoms with E-state index in [-0.39, 0.29) is 6.10 Å². The summed E-state index contributed by atoms with van der Waals surface area (Å²) in [4.78, 5) is 0. The molecule has 4 rings (SSSR count). The molecule has 1 saturated heterocycles. The highest BCUT2D eigenvalue weighted by molar-refractivity contribution is 5.26. The predicted molar refractivity (Wildman–Crippen MR) is 95.8 cm³/mol. The highest BCUT2D eigenvalue weighted by Crippen LogP contribution is 2.42. The molecular weight excluding hydrogens is 296 g/mol. The van der Waals surface area contributed by atoms with Gasteiger partial charge in [-0.15, -0.1) is 0 Å². The largest absolute Gasteiger partial charge is 0.346 e. The number of aryl methyl sites for hydroxylation is 2. The molecule has 124 valence electrons. The van der Waals surface area contributed by atoms with Crippen molar-refractivity contribution in [3.8, 4) is 0 Å². The van der Waals surface area contributed by atoms with Gasteiger partial charge in [-0.05, 0) is 36.0 Å². The van der Waals surface area contributed by atoms with Crippen molar-refractivity contribution in [2.75, 3.05) is 6.61 Å². The van der Waals surface area contributed by atoms with E-state index in [4.69, 9.17) is 9.47 Å². The Morgan fingerprint density at radius 2 is 1.50 bits per heavy atom. The van der Waals surface area contributed by atoms with Gasteiger partial charge < -0.3 is 9.47 Å². The maximum atomic E-state index is 6.29. The van der Waals surface area contributed by atoms with Crippen LogP contribution in [0.15, 0.2) is 72.3 Å². The van der Waals surface area contributed by atoms with Crippen LogP contribution in [0.4, 0.5) is 0 Å². The van der Waals surface area contributed by atoms with Gasteiger partial charge in [0, 0.05) is 12.8 Å². The molecule has 2 bridgehead atoms. The van der Waals surface area contributed by atoms with E-state index < -0.39 is 5.79 Å². The standard InChI is InChI=1S/C22H24O2/c1-3-7-18(8-4-1)11-12-20-17-21-14-16-23-22(20,24-21)15-13-19-9-5-2-6-10-19/h1-10,17,21H,11-16H2/t21-,22-/m1/s1. The molecule has 0 radical (unpaired) electrons. The molecule has 1 fully saturated rings. The Bertz CT molecular complexity index is 692. The molecule has 0 unspecified atom stereocenters. The summed E-state index contributed by atoms with van der Waals surface area (Å²) in [6.07, 6.45) is 7.46. The summed E-state index contributed by atoms with van der Waals surface area (Å²) in [7, 11) is 0. The van der Waals surface area contributed by atoms with E-state index in [1.165, 1.54) is 16.7 Å². The maximum absolute atomic E-state index is 6.29. The van der Waals surface area contributed by atoms with Gasteiger partial charge in [-0.25, -0.2) is 0 Å². The summed E-state index contributed by atoms with van der Waals surface area (Å²) in [5.74, 6) is -0.493. The van der Waals surface area contributed by atoms with E-state index in [2.05, 4.69) is 66.7 Å². The number of rotatable bonds is 6. The van der Waals surface area contributed by atoms with Crippen molar-refractivity contribution in [2.24, 2.45) is 0 Å². The van der Waals surface area contributed by atoms with Gasteiger partial charge in [0.2, 0.25) is 0 Å². The van der Waals surface area contributed by atoms with E-state index in [1.54, 1.807) is 0 Å². The van der Waals surface area contributed by atoms with Crippen LogP contribution in [0.25, 0.3) is 0 Å². The molecule has 2 aliphatic heterocycles. The Labute approximate surface area is 144 Å². The molecule has 2 heteroatoms. The molecule has 2 heterocycles. The second-order valence-electron chi connectivity index (χ2n) is 6.71. The first-order valence-electron chi connectivity index (χ1n) is 8.95. The molecule has 0 saturated carbocycles. The lowest BCUT2D eigenvalue weighted by atomic mass is 9.94. The summed E-state index contributed by atoms with van der Waals surface area (Å²) in [6.45, 7) is 0.796. The van der Waals surface area contributed by atoms with E-state index in [1.807, 2.05) is 0 Å². The Morgan fingerprint density at radius 1 is 0.833 bits per heavy atom. The van der Waals surface area contributed by atoms with Crippen LogP contribution in [-0.4, -0.2) is 18.5 Å². The fourth-order valence-corrected chi connectivity index (χ4v) is 3.76. The molecule has 2 atom stereocenters. The van der Waals surface area contributed by atoms with Gasteiger partial charge in [0.25, 0.3) is 0 Å². The normalized spacial score (nSPS) is 25.5. The number of benzene rings is 2. The average molecular weight is 320 g/mol. The van der Waals surface area contributed by atoms with Crippen molar-refractivity contribution < 1.29 is 9.47 Å². The van der Waals surface area contributed by atoms with Crippen molar-refractivity contribution in [2.45, 2.75) is 44.0 Å². The molecule has 24 heavy (non-hydrogen) atoms. The van der Waals surface area contributed by atoms with Crippen LogP contribution < -0.4 is 0 Å². The summed E-state index contributed by atoms with van der Waals surface area (Å²) in [5.41, 5.74) is 4.05. The van der Waals surface area contributed by atoms with Crippen LogP contribution in [0.2, 0.25) is 0 Å². The Morgan fingerprint density at radius 3 is 2.21 bits per heavy atom. The number of ether oxygens (including phenoxy) is 2. The molecule has 0 N–H and O–H groups in total. The van der Waals surface area contributed by atoms with Gasteiger partial charge in [0.15, 0.2) is 5.79 Å². The van der Waals surface area contributed by atoms with Crippen molar-refractivity contribution in [1.82, 2.24) is 0 Å². The lowest BCUT2D eigenvalue weighted by Gasteiger charge is -2.36. The zero-order valence-corrected chi connectivity index (χ0v) is 14.0. The van der Waals surface area contributed by atoms with Gasteiger partial charge in [-0.1, -0.05) is 66.7 Å². The molecule has 0 aromatic heterocycles. The van der Waals surface area contributed by atoms with Crippen LogP contribution in [-0.2, 0) is 22.3 Å². The minimum atomic E-state index is -0.493. The highest BCUT2D eigenvalue weighted by Gasteiger charge is 2.45. The van der Waals surface area contributed by atoms with E-state index in [9.17, 15) is 0 Å². The second-order valence-corrected chi connectivity index (χ2v) is 6.71. The van der Waals surface area contributed by atoms with Crippen molar-refractivity contribution in [3.05, 3.63) is 83.4 Å². The first kappa shape index (κ1) is 15.6. The minimum Gasteiger partial charge on any atom is -0.346 e. The van der Waals surface area contributed by atoms with Crippen LogP contribution in [0, 0.1) is 0 Å². The maximum Gasteiger partial charge on any atom is 0.191 e. The van der Waals surface area contributed by atoms with E-state index in [0.29, 0.717) is 0 Å². The van der Waals surface area contributed by atoms with Gasteiger partial charge in [0.05, 0.1) is 12.7 Å². The molecule has 2 aliphatic rings. The zero-order valence-electron chi connectivity index (χ0n) is 14.0. The third-order valence-corrected chi connectivity index (χ3v) is 5.07. The molecule has 2 aromatic carbocycles. The molecule has 0 spiro atoms. The molecule has 2 aromatic rings. The summed E-state index contributed by atoms with van der Waals surface area (Å²) < 4.78 is 12.5. The van der Waals surface area contributed by atoms with Crippen molar-refractivity contribution >= 4 is 0 Å².